The van der Waals surface area contributed by atoms with Gasteiger partial charge < -0.3 is 13.8 Å². The molecule has 0 aromatic heterocycles. The van der Waals surface area contributed by atoms with Gasteiger partial charge in [0.05, 0.1) is 30.7 Å². The van der Waals surface area contributed by atoms with E-state index in [-0.39, 0.29) is 16.9 Å². The summed E-state index contributed by atoms with van der Waals surface area (Å²) < 4.78 is 31.3. The molecule has 204 valence electrons. The van der Waals surface area contributed by atoms with E-state index in [4.69, 9.17) is 13.8 Å². The van der Waals surface area contributed by atoms with Gasteiger partial charge in [-0.05, 0) is 98.6 Å². The zero-order chi connectivity index (χ0) is 26.7. The molecule has 0 N–H and O–H groups in total. The largest absolute Gasteiger partial charge is 0.370 e. The van der Waals surface area contributed by atoms with Gasteiger partial charge >= 0.3 is 7.60 Å². The van der Waals surface area contributed by atoms with Crippen molar-refractivity contribution in [2.75, 3.05) is 19.8 Å². The molecule has 4 fully saturated rings. The first-order valence-electron chi connectivity index (χ1n) is 14.5. The molecule has 6 rings (SSSR count). The van der Waals surface area contributed by atoms with Crippen LogP contribution < -0.4 is 5.30 Å². The van der Waals surface area contributed by atoms with Crippen LogP contribution in [0.25, 0.3) is 0 Å². The molecule has 5 nitrogen and oxygen atoms in total. The van der Waals surface area contributed by atoms with E-state index in [0.717, 1.165) is 45.1 Å². The van der Waals surface area contributed by atoms with Crippen LogP contribution in [0.2, 0.25) is 0 Å². The number of ketones is 1. The van der Waals surface area contributed by atoms with Crippen LogP contribution in [0.5, 0.6) is 0 Å². The van der Waals surface area contributed by atoms with E-state index in [1.165, 1.54) is 22.3 Å². The van der Waals surface area contributed by atoms with Crippen LogP contribution in [0.15, 0.2) is 59.2 Å². The average Bonchev–Trinajstić information content (AvgIpc) is 3.43. The van der Waals surface area contributed by atoms with Gasteiger partial charge in [0.15, 0.2) is 0 Å². The van der Waals surface area contributed by atoms with Crippen LogP contribution in [0.4, 0.5) is 0 Å². The third-order valence-electron chi connectivity index (χ3n) is 10.4. The van der Waals surface area contributed by atoms with Crippen LogP contribution in [0.1, 0.15) is 83.6 Å². The number of rotatable bonds is 6. The minimum Gasteiger partial charge on any atom is -0.370 e. The predicted molar refractivity (Wildman–Crippen MR) is 150 cm³/mol. The molecule has 1 saturated heterocycles. The van der Waals surface area contributed by atoms with E-state index in [9.17, 15) is 9.36 Å². The van der Waals surface area contributed by atoms with Gasteiger partial charge in [0.25, 0.3) is 0 Å². The third kappa shape index (κ3) is 3.84. The van der Waals surface area contributed by atoms with E-state index in [1.807, 2.05) is 26.0 Å². The fraction of sp³-hybridized carbons (Fsp3) is 0.594. The molecular weight excluding hydrogens is 495 g/mol. The van der Waals surface area contributed by atoms with Crippen LogP contribution in [0.3, 0.4) is 0 Å². The maximum Gasteiger partial charge on any atom is 0.361 e. The van der Waals surface area contributed by atoms with Gasteiger partial charge in [-0.15, -0.1) is 0 Å². The molecule has 1 aromatic rings. The molecule has 38 heavy (non-hydrogen) atoms. The van der Waals surface area contributed by atoms with Gasteiger partial charge in [-0.25, -0.2) is 0 Å². The number of carbonyl (C=O) groups is 1. The number of hydrogen-bond donors (Lipinski definition) is 0. The topological polar surface area (TPSA) is 61.8 Å². The lowest BCUT2D eigenvalue weighted by molar-refractivity contribution is -0.118. The Morgan fingerprint density at radius 3 is 2.50 bits per heavy atom. The summed E-state index contributed by atoms with van der Waals surface area (Å²) in [7, 11) is -3.34. The van der Waals surface area contributed by atoms with E-state index >= 15 is 0 Å². The first-order valence-corrected chi connectivity index (χ1v) is 16.1. The number of allylic oxidation sites excluding steroid dienone is 4. The maximum atomic E-state index is 13.4. The first-order chi connectivity index (χ1) is 18.3. The number of Topliss-reactive ketones (excluding diaryl/α,β-unsaturated/α-hetero) is 1. The van der Waals surface area contributed by atoms with Crippen LogP contribution >= 0.6 is 7.60 Å². The van der Waals surface area contributed by atoms with Gasteiger partial charge in [-0.2, -0.15) is 0 Å². The fourth-order valence-electron chi connectivity index (χ4n) is 8.77. The Hall–Kier alpha value is -1.78. The standard InChI is InChI=1S/C32H41O5P/c1-5-36-38(34,37-6-2)25-11-7-22(8-12-25)28-20-31(4)29(15-17-32(31)21(3)16-18-35-32)27-13-9-23-19-24(33)10-14-26(23)30(27)28/h7-9,11-12,27-29H,3,5-6,10,13-20H2,1-2,4H3/t27-,28+,29-,31-,32+/m0/s1. The van der Waals surface area contributed by atoms with Crippen LogP contribution in [-0.2, 0) is 23.1 Å². The lowest BCUT2D eigenvalue weighted by Crippen LogP contribution is -2.51. The molecule has 1 spiro atoms. The molecule has 4 aliphatic carbocycles. The van der Waals surface area contributed by atoms with Crippen molar-refractivity contribution >= 4 is 18.7 Å². The fourth-order valence-corrected chi connectivity index (χ4v) is 10.3. The molecule has 5 atom stereocenters. The molecule has 5 aliphatic rings. The average molecular weight is 537 g/mol. The summed E-state index contributed by atoms with van der Waals surface area (Å²) in [6.45, 7) is 12.1. The van der Waals surface area contributed by atoms with Gasteiger partial charge in [-0.1, -0.05) is 37.3 Å². The normalized spacial score (nSPS) is 34.8. The predicted octanol–water partition coefficient (Wildman–Crippen LogP) is 7.19. The molecule has 1 heterocycles. The molecule has 1 aliphatic heterocycles. The van der Waals surface area contributed by atoms with Crippen molar-refractivity contribution in [1.29, 1.82) is 0 Å². The highest BCUT2D eigenvalue weighted by atomic mass is 31.2. The second-order valence-corrected chi connectivity index (χ2v) is 14.0. The molecule has 3 saturated carbocycles. The highest BCUT2D eigenvalue weighted by molar-refractivity contribution is 7.62. The van der Waals surface area contributed by atoms with Crippen molar-refractivity contribution in [1.82, 2.24) is 0 Å². The van der Waals surface area contributed by atoms with Crippen molar-refractivity contribution in [3.63, 3.8) is 0 Å². The van der Waals surface area contributed by atoms with Crippen molar-refractivity contribution in [2.45, 2.75) is 83.7 Å². The molecule has 0 radical (unpaired) electrons. The Labute approximate surface area is 227 Å². The number of carbonyl (C=O) groups excluding carboxylic acids is 1. The second-order valence-electron chi connectivity index (χ2n) is 12.0. The molecule has 6 heteroatoms. The molecule has 0 unspecified atom stereocenters. The monoisotopic (exact) mass is 536 g/mol. The minimum atomic E-state index is -3.34. The quantitative estimate of drug-likeness (QED) is 0.284. The number of benzene rings is 1. The van der Waals surface area contributed by atoms with Gasteiger partial charge in [0, 0.05) is 24.2 Å². The highest BCUT2D eigenvalue weighted by Gasteiger charge is 2.65. The highest BCUT2D eigenvalue weighted by Crippen LogP contribution is 2.69. The Balaban J connectivity index is 1.45. The van der Waals surface area contributed by atoms with Gasteiger partial charge in [-0.3, -0.25) is 9.36 Å². The SMILES string of the molecule is C=C1CCO[C@]12CC[C@H]1[C@@H]3CC=C4CC(=O)CCC4=C3[C@@H](c3ccc(P(=O)(OCC)OCC)cc3)C[C@@]12C. The summed E-state index contributed by atoms with van der Waals surface area (Å²) >= 11 is 0. The number of hydrogen-bond acceptors (Lipinski definition) is 5. The second kappa shape index (κ2) is 9.70. The zero-order valence-electron chi connectivity index (χ0n) is 23.1. The summed E-state index contributed by atoms with van der Waals surface area (Å²) in [5, 5.41) is 0.608. The van der Waals surface area contributed by atoms with Crippen molar-refractivity contribution < 1.29 is 23.1 Å². The maximum absolute atomic E-state index is 13.4. The lowest BCUT2D eigenvalue weighted by atomic mass is 9.51. The van der Waals surface area contributed by atoms with Crippen LogP contribution in [0, 0.1) is 17.3 Å². The minimum absolute atomic E-state index is 0.000410. The Morgan fingerprint density at radius 1 is 1.11 bits per heavy atom. The van der Waals surface area contributed by atoms with Gasteiger partial charge in [0.2, 0.25) is 0 Å². The Kier molecular flexibility index (Phi) is 6.75. The number of fused-ring (bicyclic) bond motifs is 5. The molecule has 1 aromatic carbocycles. The van der Waals surface area contributed by atoms with Crippen LogP contribution in [-0.4, -0.2) is 31.2 Å². The summed E-state index contributed by atoms with van der Waals surface area (Å²) in [5.41, 5.74) is 6.55. The summed E-state index contributed by atoms with van der Waals surface area (Å²) in [6, 6.07) is 8.15. The van der Waals surface area contributed by atoms with Crippen molar-refractivity contribution in [3.8, 4) is 0 Å². The lowest BCUT2D eigenvalue weighted by Gasteiger charge is -2.55. The summed E-state index contributed by atoms with van der Waals surface area (Å²) in [5.74, 6) is 1.59. The zero-order valence-corrected chi connectivity index (χ0v) is 24.0. The Morgan fingerprint density at radius 2 is 1.84 bits per heavy atom. The first kappa shape index (κ1) is 26.4. The molecule has 0 amide bonds. The van der Waals surface area contributed by atoms with Crippen molar-refractivity contribution in [2.24, 2.45) is 17.3 Å². The van der Waals surface area contributed by atoms with E-state index in [2.05, 4.69) is 31.7 Å². The molecular formula is C32H41O5P. The Bertz CT molecular complexity index is 1250. The third-order valence-corrected chi connectivity index (χ3v) is 12.5. The van der Waals surface area contributed by atoms with Crippen molar-refractivity contribution in [3.05, 3.63) is 64.8 Å². The number of ether oxygens (including phenoxy) is 1. The van der Waals surface area contributed by atoms with E-state index < -0.39 is 7.60 Å². The van der Waals surface area contributed by atoms with Gasteiger partial charge in [0.1, 0.15) is 5.78 Å². The summed E-state index contributed by atoms with van der Waals surface area (Å²) in [6.07, 6.45) is 9.63. The van der Waals surface area contributed by atoms with E-state index in [1.54, 1.807) is 5.57 Å². The summed E-state index contributed by atoms with van der Waals surface area (Å²) in [4.78, 5) is 12.4. The molecule has 0 bridgehead atoms. The smallest absolute Gasteiger partial charge is 0.361 e. The van der Waals surface area contributed by atoms with E-state index in [0.29, 0.717) is 49.0 Å².